The maximum absolute atomic E-state index is 12.6. The summed E-state index contributed by atoms with van der Waals surface area (Å²) in [6.45, 7) is 4.22. The number of hydrogen-bond donors (Lipinski definition) is 0. The van der Waals surface area contributed by atoms with Crippen molar-refractivity contribution in [3.8, 4) is 0 Å². The van der Waals surface area contributed by atoms with Crippen LogP contribution in [0.2, 0.25) is 0 Å². The van der Waals surface area contributed by atoms with Crippen LogP contribution in [0, 0.1) is 0 Å². The number of nitrogens with zero attached hydrogens (tertiary/aromatic N) is 1. The lowest BCUT2D eigenvalue weighted by Gasteiger charge is -2.28. The van der Waals surface area contributed by atoms with Gasteiger partial charge in [-0.05, 0) is 38.5 Å². The number of carbonyl (C=O) groups is 2. The highest BCUT2D eigenvalue weighted by Gasteiger charge is 2.21. The van der Waals surface area contributed by atoms with Crippen molar-refractivity contribution in [2.24, 2.45) is 0 Å². The van der Waals surface area contributed by atoms with Crippen LogP contribution in [0.4, 0.5) is 0 Å². The molecule has 0 aliphatic carbocycles. The SMILES string of the molecule is CCCCCC/C=C/CCCCCCCCCC(=O)O[C@H](COC(=O)CCCCCCCCCCCCCCC)COP(=O)([O-])OCC[N+](C)(C)C. The second kappa shape index (κ2) is 35.5. The minimum Gasteiger partial charge on any atom is -0.756 e. The summed E-state index contributed by atoms with van der Waals surface area (Å²) in [6, 6.07) is 0. The molecule has 0 aromatic heterocycles. The molecule has 0 amide bonds. The van der Waals surface area contributed by atoms with Crippen molar-refractivity contribution in [1.82, 2.24) is 0 Å². The highest BCUT2D eigenvalue weighted by atomic mass is 31.2. The van der Waals surface area contributed by atoms with Crippen LogP contribution in [-0.4, -0.2) is 70.0 Å². The van der Waals surface area contributed by atoms with Gasteiger partial charge in [-0.25, -0.2) is 0 Å². The van der Waals surface area contributed by atoms with E-state index in [1.54, 1.807) is 0 Å². The molecule has 0 spiro atoms. The zero-order chi connectivity index (χ0) is 38.6. The van der Waals surface area contributed by atoms with E-state index in [1.165, 1.54) is 116 Å². The van der Waals surface area contributed by atoms with Crippen molar-refractivity contribution in [3.63, 3.8) is 0 Å². The summed E-state index contributed by atoms with van der Waals surface area (Å²) in [5.74, 6) is -0.832. The smallest absolute Gasteiger partial charge is 0.306 e. The zero-order valence-electron chi connectivity index (χ0n) is 34.5. The first-order chi connectivity index (χ1) is 25.0. The lowest BCUT2D eigenvalue weighted by molar-refractivity contribution is -0.870. The summed E-state index contributed by atoms with van der Waals surface area (Å²) in [6.07, 6.45) is 35.1. The number of esters is 2. The van der Waals surface area contributed by atoms with Crippen molar-refractivity contribution >= 4 is 19.8 Å². The topological polar surface area (TPSA) is 111 Å². The van der Waals surface area contributed by atoms with Gasteiger partial charge in [-0.2, -0.15) is 0 Å². The normalized spacial score (nSPS) is 13.7. The number of phosphoric acid groups is 1. The summed E-state index contributed by atoms with van der Waals surface area (Å²) in [7, 11) is 1.17. The Balaban J connectivity index is 4.36. The zero-order valence-corrected chi connectivity index (χ0v) is 35.4. The molecule has 0 rings (SSSR count). The molecule has 2 atom stereocenters. The molecule has 0 aromatic carbocycles. The summed E-state index contributed by atoms with van der Waals surface area (Å²) in [4.78, 5) is 37.4. The second-order valence-electron chi connectivity index (χ2n) is 15.7. The summed E-state index contributed by atoms with van der Waals surface area (Å²) in [5, 5.41) is 0. The Labute approximate surface area is 320 Å². The van der Waals surface area contributed by atoms with Crippen LogP contribution < -0.4 is 4.89 Å². The van der Waals surface area contributed by atoms with E-state index in [0.29, 0.717) is 17.4 Å². The van der Waals surface area contributed by atoms with Crippen LogP contribution >= 0.6 is 7.82 Å². The Bertz CT molecular complexity index is 907. The fourth-order valence-corrected chi connectivity index (χ4v) is 6.61. The number of likely N-dealkylation sites (N-methyl/N-ethyl adjacent to an activating group) is 1. The third kappa shape index (κ3) is 38.5. The van der Waals surface area contributed by atoms with Crippen LogP contribution in [0.5, 0.6) is 0 Å². The number of rotatable bonds is 39. The van der Waals surface area contributed by atoms with Gasteiger partial charge in [0.1, 0.15) is 19.8 Å². The van der Waals surface area contributed by atoms with Crippen molar-refractivity contribution in [3.05, 3.63) is 12.2 Å². The molecule has 0 N–H and O–H groups in total. The van der Waals surface area contributed by atoms with Crippen molar-refractivity contribution in [2.45, 2.75) is 200 Å². The van der Waals surface area contributed by atoms with Gasteiger partial charge < -0.3 is 27.9 Å². The van der Waals surface area contributed by atoms with E-state index in [-0.39, 0.29) is 32.0 Å². The largest absolute Gasteiger partial charge is 0.756 e. The Kier molecular flexibility index (Phi) is 34.6. The van der Waals surface area contributed by atoms with Gasteiger partial charge in [0.15, 0.2) is 6.10 Å². The number of carbonyl (C=O) groups excluding carboxylic acids is 2. The monoisotopic (exact) mass is 760 g/mol. The number of ether oxygens (including phenoxy) is 2. The quantitative estimate of drug-likeness (QED) is 0.0200. The molecule has 0 heterocycles. The van der Waals surface area contributed by atoms with Crippen molar-refractivity contribution in [2.75, 3.05) is 47.5 Å². The van der Waals surface area contributed by atoms with E-state index in [0.717, 1.165) is 44.9 Å². The third-order valence-corrected chi connectivity index (χ3v) is 10.2. The number of hydrogen-bond acceptors (Lipinski definition) is 8. The highest BCUT2D eigenvalue weighted by molar-refractivity contribution is 7.45. The number of allylic oxidation sites excluding steroid dienone is 2. The van der Waals surface area contributed by atoms with Gasteiger partial charge in [0.05, 0.1) is 27.7 Å². The molecule has 0 saturated carbocycles. The predicted octanol–water partition coefficient (Wildman–Crippen LogP) is 11.2. The lowest BCUT2D eigenvalue weighted by Crippen LogP contribution is -2.37. The average molecular weight is 760 g/mol. The first-order valence-electron chi connectivity index (χ1n) is 21.4. The first kappa shape index (κ1) is 50.8. The Morgan fingerprint density at radius 3 is 1.44 bits per heavy atom. The van der Waals surface area contributed by atoms with Crippen LogP contribution in [0.25, 0.3) is 0 Å². The van der Waals surface area contributed by atoms with E-state index >= 15 is 0 Å². The molecule has 0 aromatic rings. The molecule has 308 valence electrons. The van der Waals surface area contributed by atoms with Crippen LogP contribution in [0.3, 0.4) is 0 Å². The van der Waals surface area contributed by atoms with Crippen molar-refractivity contribution in [1.29, 1.82) is 0 Å². The molecule has 0 aliphatic rings. The Hall–Kier alpha value is -1.25. The Morgan fingerprint density at radius 2 is 0.981 bits per heavy atom. The molecule has 1 unspecified atom stereocenters. The second-order valence-corrected chi connectivity index (χ2v) is 17.1. The minimum absolute atomic E-state index is 0.0287. The number of quaternary nitrogens is 1. The van der Waals surface area contributed by atoms with E-state index in [9.17, 15) is 19.0 Å². The van der Waals surface area contributed by atoms with Gasteiger partial charge in [0.2, 0.25) is 0 Å². The number of unbranched alkanes of at least 4 members (excludes halogenated alkanes) is 23. The van der Waals surface area contributed by atoms with E-state index < -0.39 is 26.5 Å². The molecule has 52 heavy (non-hydrogen) atoms. The summed E-state index contributed by atoms with van der Waals surface area (Å²) >= 11 is 0. The molecule has 0 radical (unpaired) electrons. The van der Waals surface area contributed by atoms with Crippen LogP contribution in [0.15, 0.2) is 12.2 Å². The van der Waals surface area contributed by atoms with Gasteiger partial charge in [-0.15, -0.1) is 0 Å². The van der Waals surface area contributed by atoms with E-state index in [4.69, 9.17) is 18.5 Å². The predicted molar refractivity (Wildman–Crippen MR) is 213 cm³/mol. The Morgan fingerprint density at radius 1 is 0.577 bits per heavy atom. The highest BCUT2D eigenvalue weighted by Crippen LogP contribution is 2.38. The summed E-state index contributed by atoms with van der Waals surface area (Å²) < 4.78 is 33.9. The fraction of sp³-hybridized carbons (Fsp3) is 0.905. The molecule has 9 nitrogen and oxygen atoms in total. The average Bonchev–Trinajstić information content (AvgIpc) is 3.09. The third-order valence-electron chi connectivity index (χ3n) is 9.29. The minimum atomic E-state index is -4.62. The maximum atomic E-state index is 12.6. The molecular formula is C42H82NO8P. The summed E-state index contributed by atoms with van der Waals surface area (Å²) in [5.41, 5.74) is 0. The standard InChI is InChI=1S/C42H82NO8P/c1-6-8-10-12-14-16-18-20-21-23-25-27-29-31-33-35-42(45)51-40(39-50-52(46,47)49-37-36-43(3,4)5)38-48-41(44)34-32-30-28-26-24-22-19-17-15-13-11-9-7-2/h16,18,40H,6-15,17,19-39H2,1-5H3/b18-16+/t40-/m1/s1. The van der Waals surface area contributed by atoms with Crippen LogP contribution in [-0.2, 0) is 32.7 Å². The first-order valence-corrected chi connectivity index (χ1v) is 22.9. The van der Waals surface area contributed by atoms with Crippen LogP contribution in [0.1, 0.15) is 194 Å². The van der Waals surface area contributed by atoms with Gasteiger partial charge in [-0.3, -0.25) is 14.2 Å². The van der Waals surface area contributed by atoms with E-state index in [2.05, 4.69) is 26.0 Å². The molecule has 0 aliphatic heterocycles. The van der Waals surface area contributed by atoms with Gasteiger partial charge in [-0.1, -0.05) is 154 Å². The van der Waals surface area contributed by atoms with Gasteiger partial charge in [0, 0.05) is 12.8 Å². The molecule has 0 saturated heterocycles. The fourth-order valence-electron chi connectivity index (χ4n) is 5.88. The van der Waals surface area contributed by atoms with Crippen molar-refractivity contribution < 1.29 is 42.1 Å². The molecule has 0 fully saturated rings. The molecular weight excluding hydrogens is 677 g/mol. The molecule has 0 bridgehead atoms. The maximum Gasteiger partial charge on any atom is 0.306 e. The number of phosphoric ester groups is 1. The lowest BCUT2D eigenvalue weighted by atomic mass is 10.0. The van der Waals surface area contributed by atoms with Gasteiger partial charge >= 0.3 is 11.9 Å². The van der Waals surface area contributed by atoms with Gasteiger partial charge in [0.25, 0.3) is 7.82 Å². The molecule has 10 heteroatoms. The van der Waals surface area contributed by atoms with E-state index in [1.807, 2.05) is 21.1 Å².